The van der Waals surface area contributed by atoms with Gasteiger partial charge in [-0.05, 0) is 31.4 Å². The van der Waals surface area contributed by atoms with Crippen molar-refractivity contribution < 1.29 is 8.94 Å². The van der Waals surface area contributed by atoms with Crippen molar-refractivity contribution in [1.29, 1.82) is 0 Å². The summed E-state index contributed by atoms with van der Waals surface area (Å²) in [5.41, 5.74) is 0. The van der Waals surface area contributed by atoms with E-state index in [2.05, 4.69) is 36.7 Å². The largest absolute Gasteiger partial charge is 0.467 e. The van der Waals surface area contributed by atoms with Gasteiger partial charge in [0.2, 0.25) is 11.8 Å². The van der Waals surface area contributed by atoms with Gasteiger partial charge in [0.1, 0.15) is 5.76 Å². The lowest BCUT2D eigenvalue weighted by Gasteiger charge is -2.17. The van der Waals surface area contributed by atoms with Gasteiger partial charge in [0.05, 0.1) is 18.6 Å². The highest BCUT2D eigenvalue weighted by Crippen LogP contribution is 2.27. The lowest BCUT2D eigenvalue weighted by atomic mass is 10.2. The molecule has 27 heavy (non-hydrogen) atoms. The van der Waals surface area contributed by atoms with E-state index in [9.17, 15) is 0 Å². The quantitative estimate of drug-likeness (QED) is 0.515. The second-order valence-electron chi connectivity index (χ2n) is 6.64. The first-order valence-corrected chi connectivity index (χ1v) is 10.5. The molecule has 144 valence electrons. The minimum Gasteiger partial charge on any atom is -0.467 e. The Morgan fingerprint density at radius 2 is 2.11 bits per heavy atom. The van der Waals surface area contributed by atoms with Crippen LogP contribution in [-0.2, 0) is 18.7 Å². The molecule has 4 heterocycles. The lowest BCUT2D eigenvalue weighted by molar-refractivity contribution is 0.371. The number of hydrogen-bond acceptors (Lipinski definition) is 8. The van der Waals surface area contributed by atoms with E-state index in [-0.39, 0.29) is 0 Å². The molecule has 0 aromatic carbocycles. The summed E-state index contributed by atoms with van der Waals surface area (Å²) in [6.45, 7) is 4.80. The van der Waals surface area contributed by atoms with Crippen LogP contribution in [0.5, 0.6) is 0 Å². The molecule has 0 atom stereocenters. The Morgan fingerprint density at radius 1 is 1.22 bits per heavy atom. The van der Waals surface area contributed by atoms with Crippen LogP contribution in [0, 0.1) is 0 Å². The van der Waals surface area contributed by atoms with Gasteiger partial charge in [0.15, 0.2) is 11.0 Å². The van der Waals surface area contributed by atoms with Crippen LogP contribution in [0.3, 0.4) is 0 Å². The molecule has 3 aromatic heterocycles. The van der Waals surface area contributed by atoms with Gasteiger partial charge >= 0.3 is 0 Å². The first kappa shape index (κ1) is 18.1. The van der Waals surface area contributed by atoms with Crippen molar-refractivity contribution in [1.82, 2.24) is 24.9 Å². The third kappa shape index (κ3) is 4.35. The number of thioether (sulfide) groups is 1. The first-order chi connectivity index (χ1) is 13.3. The zero-order valence-corrected chi connectivity index (χ0v) is 16.3. The molecule has 1 saturated heterocycles. The number of unbranched alkanes of at least 4 members (excludes halogenated alkanes) is 1. The van der Waals surface area contributed by atoms with Gasteiger partial charge in [-0.1, -0.05) is 30.3 Å². The summed E-state index contributed by atoms with van der Waals surface area (Å²) in [5, 5.41) is 13.8. The highest BCUT2D eigenvalue weighted by Gasteiger charge is 2.22. The number of aromatic nitrogens is 5. The van der Waals surface area contributed by atoms with Crippen LogP contribution in [0.25, 0.3) is 0 Å². The van der Waals surface area contributed by atoms with E-state index >= 15 is 0 Å². The Labute approximate surface area is 162 Å². The smallest absolute Gasteiger partial charge is 0.228 e. The maximum atomic E-state index is 5.54. The molecule has 0 N–H and O–H groups in total. The van der Waals surface area contributed by atoms with Crippen LogP contribution in [0.15, 0.2) is 32.5 Å². The number of furan rings is 1. The fourth-order valence-electron chi connectivity index (χ4n) is 3.14. The predicted molar refractivity (Wildman–Crippen MR) is 102 cm³/mol. The molecule has 1 aliphatic rings. The molecule has 9 heteroatoms. The molecule has 0 radical (unpaired) electrons. The predicted octanol–water partition coefficient (Wildman–Crippen LogP) is 3.54. The first-order valence-electron chi connectivity index (χ1n) is 9.48. The topological polar surface area (TPSA) is 86.0 Å². The van der Waals surface area contributed by atoms with Crippen molar-refractivity contribution in [2.24, 2.45) is 0 Å². The summed E-state index contributed by atoms with van der Waals surface area (Å²) in [4.78, 5) is 6.76. The van der Waals surface area contributed by atoms with Gasteiger partial charge < -0.3 is 13.8 Å². The summed E-state index contributed by atoms with van der Waals surface area (Å²) in [7, 11) is 0. The summed E-state index contributed by atoms with van der Waals surface area (Å²) in [6.07, 6.45) is 7.09. The van der Waals surface area contributed by atoms with Crippen LogP contribution in [0.4, 0.5) is 5.95 Å². The Hall–Kier alpha value is -2.29. The molecule has 1 fully saturated rings. The van der Waals surface area contributed by atoms with E-state index in [1.807, 2.05) is 12.1 Å². The molecule has 4 rings (SSSR count). The van der Waals surface area contributed by atoms with Crippen molar-refractivity contribution in [3.63, 3.8) is 0 Å². The normalized spacial score (nSPS) is 14.3. The molecular formula is C18H24N6O2S. The van der Waals surface area contributed by atoms with Gasteiger partial charge in [-0.3, -0.25) is 4.57 Å². The average molecular weight is 388 g/mol. The Kier molecular flexibility index (Phi) is 5.76. The van der Waals surface area contributed by atoms with Crippen molar-refractivity contribution >= 4 is 17.7 Å². The third-order valence-corrected chi connectivity index (χ3v) is 5.53. The molecule has 0 aliphatic carbocycles. The molecule has 0 saturated carbocycles. The van der Waals surface area contributed by atoms with Gasteiger partial charge in [-0.15, -0.1) is 10.2 Å². The van der Waals surface area contributed by atoms with Crippen molar-refractivity contribution in [3.8, 4) is 0 Å². The van der Waals surface area contributed by atoms with Crippen LogP contribution in [-0.4, -0.2) is 38.0 Å². The molecule has 3 aromatic rings. The number of anilines is 1. The van der Waals surface area contributed by atoms with Crippen molar-refractivity contribution in [2.45, 2.75) is 56.5 Å². The number of nitrogens with zero attached hydrogens (tertiary/aromatic N) is 6. The van der Waals surface area contributed by atoms with Gasteiger partial charge in [0, 0.05) is 19.5 Å². The molecule has 0 unspecified atom stereocenters. The minimum atomic E-state index is 0.603. The van der Waals surface area contributed by atoms with E-state index in [0.29, 0.717) is 24.0 Å². The fraction of sp³-hybridized carbons (Fsp3) is 0.556. The SMILES string of the molecule is CCCCc1nc(CSc2nnc(N3CCCC3)n2Cc2ccco2)no1. The zero-order chi connectivity index (χ0) is 18.5. The number of hydrogen-bond donors (Lipinski definition) is 0. The highest BCUT2D eigenvalue weighted by molar-refractivity contribution is 7.98. The van der Waals surface area contributed by atoms with Crippen LogP contribution in [0.1, 0.15) is 50.1 Å². The van der Waals surface area contributed by atoms with E-state index in [4.69, 9.17) is 8.94 Å². The summed E-state index contributed by atoms with van der Waals surface area (Å²) in [6, 6.07) is 3.88. The second kappa shape index (κ2) is 8.60. The van der Waals surface area contributed by atoms with E-state index < -0.39 is 0 Å². The van der Waals surface area contributed by atoms with E-state index in [1.54, 1.807) is 18.0 Å². The van der Waals surface area contributed by atoms with Crippen LogP contribution >= 0.6 is 11.8 Å². The average Bonchev–Trinajstić information content (AvgIpc) is 3.45. The second-order valence-corrected chi connectivity index (χ2v) is 7.58. The summed E-state index contributed by atoms with van der Waals surface area (Å²) < 4.78 is 13.0. The third-order valence-electron chi connectivity index (χ3n) is 4.56. The van der Waals surface area contributed by atoms with Crippen molar-refractivity contribution in [2.75, 3.05) is 18.0 Å². The molecule has 0 bridgehead atoms. The van der Waals surface area contributed by atoms with E-state index in [0.717, 1.165) is 49.2 Å². The highest BCUT2D eigenvalue weighted by atomic mass is 32.2. The molecule has 0 amide bonds. The zero-order valence-electron chi connectivity index (χ0n) is 15.5. The Balaban J connectivity index is 1.48. The summed E-state index contributed by atoms with van der Waals surface area (Å²) in [5.74, 6) is 3.80. The molecule has 8 nitrogen and oxygen atoms in total. The maximum absolute atomic E-state index is 5.54. The van der Waals surface area contributed by atoms with Crippen LogP contribution in [0.2, 0.25) is 0 Å². The Bertz CT molecular complexity index is 838. The van der Waals surface area contributed by atoms with Gasteiger partial charge in [0.25, 0.3) is 0 Å². The number of aryl methyl sites for hydroxylation is 1. The van der Waals surface area contributed by atoms with E-state index in [1.165, 1.54) is 12.8 Å². The maximum Gasteiger partial charge on any atom is 0.228 e. The molecular weight excluding hydrogens is 364 g/mol. The van der Waals surface area contributed by atoms with Crippen molar-refractivity contribution in [3.05, 3.63) is 35.9 Å². The van der Waals surface area contributed by atoms with Crippen LogP contribution < -0.4 is 4.90 Å². The van der Waals surface area contributed by atoms with Gasteiger partial charge in [-0.25, -0.2) is 0 Å². The number of rotatable bonds is 9. The minimum absolute atomic E-state index is 0.603. The monoisotopic (exact) mass is 388 g/mol. The standard InChI is InChI=1S/C18H24N6O2S/c1-2-3-8-16-19-15(22-26-16)13-27-18-21-20-17(23-9-4-5-10-23)24(18)12-14-7-6-11-25-14/h6-7,11H,2-5,8-10,12-13H2,1H3. The lowest BCUT2D eigenvalue weighted by Crippen LogP contribution is -2.22. The molecule has 0 spiro atoms. The van der Waals surface area contributed by atoms with Gasteiger partial charge in [-0.2, -0.15) is 4.98 Å². The Morgan fingerprint density at radius 3 is 2.89 bits per heavy atom. The molecule has 1 aliphatic heterocycles. The summed E-state index contributed by atoms with van der Waals surface area (Å²) >= 11 is 1.57. The fourth-order valence-corrected chi connectivity index (χ4v) is 3.92.